The Morgan fingerprint density at radius 2 is 1.82 bits per heavy atom. The Hall–Kier alpha value is -2.54. The lowest BCUT2D eigenvalue weighted by Crippen LogP contribution is -2.51. The van der Waals surface area contributed by atoms with Gasteiger partial charge in [0, 0.05) is 19.6 Å². The van der Waals surface area contributed by atoms with E-state index in [1.807, 2.05) is 44.2 Å². The summed E-state index contributed by atoms with van der Waals surface area (Å²) in [7, 11) is -3.92. The third-order valence-corrected chi connectivity index (χ3v) is 8.91. The van der Waals surface area contributed by atoms with Gasteiger partial charge in [-0.25, -0.2) is 13.2 Å². The second-order valence-electron chi connectivity index (χ2n) is 10.5. The molecule has 2 heterocycles. The summed E-state index contributed by atoms with van der Waals surface area (Å²) in [6, 6.07) is 15.0. The molecule has 4 N–H and O–H groups in total. The van der Waals surface area contributed by atoms with Gasteiger partial charge in [-0.05, 0) is 42.0 Å². The van der Waals surface area contributed by atoms with Crippen LogP contribution in [-0.2, 0) is 37.2 Å². The topological polar surface area (TPSA) is 140 Å². The number of fused-ring (bicyclic) bond motifs is 1. The fourth-order valence-corrected chi connectivity index (χ4v) is 6.60. The van der Waals surface area contributed by atoms with Gasteiger partial charge in [0.15, 0.2) is 6.29 Å². The molecule has 4 rings (SSSR count). The zero-order valence-corrected chi connectivity index (χ0v) is 23.3. The minimum atomic E-state index is -3.92. The molecule has 11 heteroatoms. The van der Waals surface area contributed by atoms with Crippen LogP contribution in [0.1, 0.15) is 31.4 Å². The van der Waals surface area contributed by atoms with E-state index in [-0.39, 0.29) is 49.1 Å². The van der Waals surface area contributed by atoms with Crippen LogP contribution < -0.4 is 11.1 Å². The van der Waals surface area contributed by atoms with Crippen LogP contribution >= 0.6 is 0 Å². The number of sulfonamides is 1. The van der Waals surface area contributed by atoms with Crippen LogP contribution in [-0.4, -0.2) is 74.8 Å². The number of hydrogen-bond donors (Lipinski definition) is 3. The summed E-state index contributed by atoms with van der Waals surface area (Å²) in [4.78, 5) is 13.1. The Labute approximate surface area is 230 Å². The number of nitrogens with one attached hydrogen (secondary N) is 1. The minimum Gasteiger partial charge on any atom is -0.443 e. The molecule has 2 fully saturated rings. The smallest absolute Gasteiger partial charge is 0.407 e. The monoisotopic (exact) mass is 561 g/mol. The number of amides is 1. The minimum absolute atomic E-state index is 0.00438. The molecule has 1 amide bonds. The van der Waals surface area contributed by atoms with E-state index in [4.69, 9.17) is 19.9 Å². The van der Waals surface area contributed by atoms with Crippen LogP contribution in [0.15, 0.2) is 59.5 Å². The second kappa shape index (κ2) is 13.2. The van der Waals surface area contributed by atoms with Gasteiger partial charge in [-0.3, -0.25) is 0 Å². The first-order valence-electron chi connectivity index (χ1n) is 13.4. The standard InChI is InChI=1S/C28H39N3O7S/c1-19(2)16-31(39(34,35)22-10-8-21(15-29)9-11-22)17-25(32)24(14-20-6-4-3-5-7-20)30-28(33)38-26-18-37-27-23(26)12-13-36-27/h3-11,19,23-27,32H,12-18,29H2,1-2H3,(H,30,33)/t23?,24-,25+,26-,27?/m0/s1. The Morgan fingerprint density at radius 1 is 1.10 bits per heavy atom. The van der Waals surface area contributed by atoms with Crippen LogP contribution in [0.4, 0.5) is 4.79 Å². The van der Waals surface area contributed by atoms with Gasteiger partial charge in [0.25, 0.3) is 0 Å². The molecule has 2 aliphatic rings. The highest BCUT2D eigenvalue weighted by Gasteiger charge is 2.44. The summed E-state index contributed by atoms with van der Waals surface area (Å²) in [5.41, 5.74) is 7.36. The normalized spacial score (nSPS) is 22.6. The molecule has 0 radical (unpaired) electrons. The van der Waals surface area contributed by atoms with Gasteiger partial charge >= 0.3 is 6.09 Å². The molecular weight excluding hydrogens is 522 g/mol. The fraction of sp³-hybridized carbons (Fsp3) is 0.536. The molecule has 5 atom stereocenters. The lowest BCUT2D eigenvalue weighted by atomic mass is 10.0. The van der Waals surface area contributed by atoms with E-state index in [0.717, 1.165) is 17.5 Å². The van der Waals surface area contributed by atoms with Crippen molar-refractivity contribution in [3.8, 4) is 0 Å². The quantitative estimate of drug-likeness (QED) is 0.359. The first-order valence-corrected chi connectivity index (χ1v) is 14.8. The number of carbonyl (C=O) groups is 1. The van der Waals surface area contributed by atoms with Gasteiger partial charge in [0.1, 0.15) is 6.10 Å². The highest BCUT2D eigenvalue weighted by molar-refractivity contribution is 7.89. The van der Waals surface area contributed by atoms with Crippen molar-refractivity contribution in [1.82, 2.24) is 9.62 Å². The van der Waals surface area contributed by atoms with E-state index in [1.165, 1.54) is 16.4 Å². The van der Waals surface area contributed by atoms with Crippen LogP contribution in [0, 0.1) is 11.8 Å². The third-order valence-electron chi connectivity index (χ3n) is 7.07. The lowest BCUT2D eigenvalue weighted by Gasteiger charge is -2.31. The summed E-state index contributed by atoms with van der Waals surface area (Å²) in [5.74, 6) is -0.0182. The molecule has 0 aliphatic carbocycles. The molecule has 2 aliphatic heterocycles. The Bertz CT molecular complexity index is 1180. The highest BCUT2D eigenvalue weighted by Crippen LogP contribution is 2.33. The van der Waals surface area contributed by atoms with E-state index < -0.39 is 34.4 Å². The maximum absolute atomic E-state index is 13.6. The predicted molar refractivity (Wildman–Crippen MR) is 145 cm³/mol. The molecule has 10 nitrogen and oxygen atoms in total. The number of aliphatic hydroxyl groups excluding tert-OH is 1. The van der Waals surface area contributed by atoms with Crippen LogP contribution in [0.25, 0.3) is 0 Å². The number of benzene rings is 2. The summed E-state index contributed by atoms with van der Waals surface area (Å²) < 4.78 is 45.2. The number of hydrogen-bond acceptors (Lipinski definition) is 8. The molecule has 0 spiro atoms. The van der Waals surface area contributed by atoms with E-state index in [1.54, 1.807) is 12.1 Å². The Balaban J connectivity index is 1.51. The number of rotatable bonds is 12. The van der Waals surface area contributed by atoms with Crippen LogP contribution in [0.5, 0.6) is 0 Å². The molecular formula is C28H39N3O7S. The SMILES string of the molecule is CC(C)CN(C[C@@H](O)[C@H](Cc1ccccc1)NC(=O)O[C@H]1COC2OCCC21)S(=O)(=O)c1ccc(CN)cc1. The average Bonchev–Trinajstić information content (AvgIpc) is 3.53. The zero-order valence-electron chi connectivity index (χ0n) is 22.4. The van der Waals surface area contributed by atoms with Gasteiger partial charge < -0.3 is 30.4 Å². The highest BCUT2D eigenvalue weighted by atomic mass is 32.2. The van der Waals surface area contributed by atoms with Gasteiger partial charge in [0.05, 0.1) is 36.2 Å². The molecule has 2 aromatic carbocycles. The van der Waals surface area contributed by atoms with E-state index >= 15 is 0 Å². The van der Waals surface area contributed by atoms with Crippen LogP contribution in [0.3, 0.4) is 0 Å². The van der Waals surface area contributed by atoms with Crippen molar-refractivity contribution >= 4 is 16.1 Å². The van der Waals surface area contributed by atoms with Gasteiger partial charge in [-0.2, -0.15) is 4.31 Å². The third kappa shape index (κ3) is 7.56. The van der Waals surface area contributed by atoms with Crippen molar-refractivity contribution in [2.75, 3.05) is 26.3 Å². The first-order chi connectivity index (χ1) is 18.7. The molecule has 214 valence electrons. The molecule has 39 heavy (non-hydrogen) atoms. The largest absolute Gasteiger partial charge is 0.443 e. The van der Waals surface area contributed by atoms with Crippen molar-refractivity contribution in [3.63, 3.8) is 0 Å². The molecule has 2 aromatic rings. The number of nitrogens with zero attached hydrogens (tertiary/aromatic N) is 1. The number of aliphatic hydroxyl groups is 1. The summed E-state index contributed by atoms with van der Waals surface area (Å²) in [6.07, 6.45) is -1.67. The van der Waals surface area contributed by atoms with E-state index in [9.17, 15) is 18.3 Å². The number of carbonyl (C=O) groups excluding carboxylic acids is 1. The molecule has 0 bridgehead atoms. The van der Waals surface area contributed by atoms with Gasteiger partial charge in [-0.15, -0.1) is 0 Å². The molecule has 0 saturated carbocycles. The van der Waals surface area contributed by atoms with E-state index in [2.05, 4.69) is 5.32 Å². The summed E-state index contributed by atoms with van der Waals surface area (Å²) >= 11 is 0. The Morgan fingerprint density at radius 3 is 2.49 bits per heavy atom. The van der Waals surface area contributed by atoms with Crippen molar-refractivity contribution in [1.29, 1.82) is 0 Å². The number of alkyl carbamates (subject to hydrolysis) is 1. The van der Waals surface area contributed by atoms with Crippen molar-refractivity contribution in [2.45, 2.75) is 62.7 Å². The van der Waals surface area contributed by atoms with Crippen molar-refractivity contribution in [2.24, 2.45) is 17.6 Å². The zero-order chi connectivity index (χ0) is 28.0. The lowest BCUT2D eigenvalue weighted by molar-refractivity contribution is -0.0907. The average molecular weight is 562 g/mol. The number of ether oxygens (including phenoxy) is 3. The summed E-state index contributed by atoms with van der Waals surface area (Å²) in [6.45, 7) is 4.92. The fourth-order valence-electron chi connectivity index (χ4n) is 4.98. The molecule has 0 aromatic heterocycles. The first kappa shape index (κ1) is 29.4. The Kier molecular flexibility index (Phi) is 9.97. The van der Waals surface area contributed by atoms with Crippen molar-refractivity contribution < 1.29 is 32.5 Å². The summed E-state index contributed by atoms with van der Waals surface area (Å²) in [5, 5.41) is 14.2. The van der Waals surface area contributed by atoms with E-state index in [0.29, 0.717) is 13.2 Å². The van der Waals surface area contributed by atoms with Crippen molar-refractivity contribution in [3.05, 3.63) is 65.7 Å². The van der Waals surface area contributed by atoms with Gasteiger partial charge in [0.2, 0.25) is 10.0 Å². The maximum atomic E-state index is 13.6. The van der Waals surface area contributed by atoms with Gasteiger partial charge in [-0.1, -0.05) is 56.3 Å². The van der Waals surface area contributed by atoms with Crippen LogP contribution in [0.2, 0.25) is 0 Å². The number of nitrogens with two attached hydrogens (primary N) is 1. The molecule has 2 unspecified atom stereocenters. The predicted octanol–water partition coefficient (Wildman–Crippen LogP) is 2.25. The second-order valence-corrected chi connectivity index (χ2v) is 12.5. The maximum Gasteiger partial charge on any atom is 0.407 e. The molecule has 2 saturated heterocycles.